The predicted molar refractivity (Wildman–Crippen MR) is 42.1 cm³/mol. The second-order valence-electron chi connectivity index (χ2n) is 1.23. The molecular weight excluding hydrogens is 150 g/mol. The molecule has 0 aliphatic carbocycles. The first-order valence-electron chi connectivity index (χ1n) is 2.38. The monoisotopic (exact) mass is 159 g/mol. The lowest BCUT2D eigenvalue weighted by Crippen LogP contribution is -2.23. The van der Waals surface area contributed by atoms with Crippen LogP contribution in [0.1, 0.15) is 0 Å². The van der Waals surface area contributed by atoms with Crippen molar-refractivity contribution < 1.29 is 0 Å². The Morgan fingerprint density at radius 1 is 1.50 bits per heavy atom. The number of guanidine groups is 1. The smallest absolute Gasteiger partial charge is 0.208 e. The van der Waals surface area contributed by atoms with Crippen LogP contribution in [-0.2, 0) is 0 Å². The molecule has 10 heavy (non-hydrogen) atoms. The Morgan fingerprint density at radius 3 is 2.20 bits per heavy atom. The maximum atomic E-state index is 4.69. The fourth-order valence-electron chi connectivity index (χ4n) is 0.176. The van der Waals surface area contributed by atoms with Crippen molar-refractivity contribution in [2.45, 2.75) is 0 Å². The lowest BCUT2D eigenvalue weighted by molar-refractivity contribution is 1.21. The molecule has 0 unspecified atom stereocenters. The zero-order chi connectivity index (χ0) is 7.82. The van der Waals surface area contributed by atoms with E-state index < -0.39 is 0 Å². The van der Waals surface area contributed by atoms with Crippen LogP contribution in [0.2, 0.25) is 0 Å². The molecule has 6 N–H and O–H groups in total. The van der Waals surface area contributed by atoms with Crippen LogP contribution in [0, 0.1) is 0 Å². The maximum Gasteiger partial charge on any atom is 0.208 e. The highest BCUT2D eigenvalue weighted by Gasteiger charge is 1.62. The van der Waals surface area contributed by atoms with Crippen LogP contribution in [0.4, 0.5) is 0 Å². The van der Waals surface area contributed by atoms with Gasteiger partial charge in [0, 0.05) is 11.6 Å². The van der Waals surface area contributed by atoms with Gasteiger partial charge >= 0.3 is 0 Å². The first-order valence-corrected chi connectivity index (χ1v) is 3.32. The van der Waals surface area contributed by atoms with Crippen molar-refractivity contribution in [3.05, 3.63) is 17.1 Å². The third kappa shape index (κ3) is 6.70. The summed E-state index contributed by atoms with van der Waals surface area (Å²) in [6.07, 6.45) is 1.77. The van der Waals surface area contributed by atoms with Gasteiger partial charge in [-0.3, -0.25) is 4.98 Å². The summed E-state index contributed by atoms with van der Waals surface area (Å²) in [7, 11) is 0. The number of rotatable bonds is 0. The number of nitrogens with zero attached hydrogens (tertiary/aromatic N) is 2. The Morgan fingerprint density at radius 2 is 2.10 bits per heavy atom. The molecule has 0 aliphatic rings. The molecule has 0 aliphatic heterocycles. The molecule has 0 spiro atoms. The van der Waals surface area contributed by atoms with Gasteiger partial charge in [0.15, 0.2) is 0 Å². The van der Waals surface area contributed by atoms with Crippen molar-refractivity contribution in [1.29, 1.82) is 0 Å². The van der Waals surface area contributed by atoms with E-state index in [1.165, 1.54) is 0 Å². The average molecular weight is 159 g/mol. The average Bonchev–Trinajstić information content (AvgIpc) is 2.43. The zero-order valence-electron chi connectivity index (χ0n) is 5.27. The molecule has 0 saturated carbocycles. The highest BCUT2D eigenvalue weighted by molar-refractivity contribution is 7.07. The van der Waals surface area contributed by atoms with Crippen LogP contribution in [0.15, 0.2) is 22.2 Å². The summed E-state index contributed by atoms with van der Waals surface area (Å²) >= 11 is 1.60. The Balaban J connectivity index is 0.000000162. The van der Waals surface area contributed by atoms with E-state index in [4.69, 9.17) is 11.5 Å². The first-order chi connectivity index (χ1) is 4.77. The molecule has 0 radical (unpaired) electrons. The normalized spacial score (nSPS) is 7.20. The molecule has 6 heteroatoms. The molecule has 1 rings (SSSR count). The number of thiazole rings is 1. The van der Waals surface area contributed by atoms with Crippen LogP contribution < -0.4 is 17.3 Å². The molecule has 1 heterocycles. The van der Waals surface area contributed by atoms with Crippen molar-refractivity contribution in [2.75, 3.05) is 0 Å². The molecule has 0 bridgehead atoms. The minimum absolute atomic E-state index is 0.0926. The SMILES string of the molecule is NN=C(N)N.c1cscn1. The molecule has 1 aromatic rings. The van der Waals surface area contributed by atoms with Crippen molar-refractivity contribution >= 4 is 17.3 Å². The number of nitrogens with two attached hydrogens (primary N) is 3. The molecule has 0 amide bonds. The Kier molecular flexibility index (Phi) is 5.07. The standard InChI is InChI=1S/C3H3NS.CH6N4/c1-2-5-3-4-1;2-1(3)5-4/h1-3H;4H2,(H4,2,3,5). The summed E-state index contributed by atoms with van der Waals surface area (Å²) in [5.74, 6) is 4.42. The number of hydrogen-bond donors (Lipinski definition) is 3. The maximum absolute atomic E-state index is 4.69. The lowest BCUT2D eigenvalue weighted by atomic mass is 11.0. The molecule has 0 atom stereocenters. The second-order valence-corrected chi connectivity index (χ2v) is 1.98. The highest BCUT2D eigenvalue weighted by atomic mass is 32.1. The molecular formula is C4H9N5S. The molecule has 0 fully saturated rings. The van der Waals surface area contributed by atoms with Crippen LogP contribution in [0.5, 0.6) is 0 Å². The molecule has 0 saturated heterocycles. The van der Waals surface area contributed by atoms with Crippen LogP contribution in [0.25, 0.3) is 0 Å². The fraction of sp³-hybridized carbons (Fsp3) is 0. The van der Waals surface area contributed by atoms with Crippen LogP contribution >= 0.6 is 11.3 Å². The van der Waals surface area contributed by atoms with Gasteiger partial charge in [0.05, 0.1) is 5.51 Å². The van der Waals surface area contributed by atoms with Gasteiger partial charge in [-0.05, 0) is 0 Å². The second kappa shape index (κ2) is 5.83. The van der Waals surface area contributed by atoms with E-state index in [0.717, 1.165) is 0 Å². The minimum atomic E-state index is -0.0926. The van der Waals surface area contributed by atoms with E-state index in [2.05, 4.69) is 15.9 Å². The van der Waals surface area contributed by atoms with Crippen molar-refractivity contribution in [3.63, 3.8) is 0 Å². The van der Waals surface area contributed by atoms with Gasteiger partial charge in [0.2, 0.25) is 5.96 Å². The van der Waals surface area contributed by atoms with E-state index in [1.54, 1.807) is 23.0 Å². The van der Waals surface area contributed by atoms with Crippen molar-refractivity contribution in [2.24, 2.45) is 22.4 Å². The Bertz CT molecular complexity index is 149. The van der Waals surface area contributed by atoms with Gasteiger partial charge in [-0.1, -0.05) is 0 Å². The van der Waals surface area contributed by atoms with E-state index in [-0.39, 0.29) is 5.96 Å². The number of aromatic nitrogens is 1. The van der Waals surface area contributed by atoms with E-state index in [9.17, 15) is 0 Å². The quantitative estimate of drug-likeness (QED) is 0.201. The van der Waals surface area contributed by atoms with E-state index >= 15 is 0 Å². The van der Waals surface area contributed by atoms with Gasteiger partial charge in [-0.2, -0.15) is 0 Å². The fourth-order valence-corrected chi connectivity index (χ4v) is 0.527. The summed E-state index contributed by atoms with van der Waals surface area (Å²) in [5.41, 5.74) is 11.2. The molecule has 0 aromatic carbocycles. The summed E-state index contributed by atoms with van der Waals surface area (Å²) in [4.78, 5) is 3.74. The summed E-state index contributed by atoms with van der Waals surface area (Å²) in [5, 5.41) is 4.79. The molecule has 1 aromatic heterocycles. The number of hydrogen-bond acceptors (Lipinski definition) is 4. The van der Waals surface area contributed by atoms with Gasteiger partial charge in [0.25, 0.3) is 0 Å². The third-order valence-electron chi connectivity index (χ3n) is 0.496. The molecule has 56 valence electrons. The van der Waals surface area contributed by atoms with Crippen LogP contribution in [0.3, 0.4) is 0 Å². The summed E-state index contributed by atoms with van der Waals surface area (Å²) in [6.45, 7) is 0. The Hall–Kier alpha value is -1.30. The van der Waals surface area contributed by atoms with Gasteiger partial charge in [-0.25, -0.2) is 0 Å². The van der Waals surface area contributed by atoms with Crippen molar-refractivity contribution in [1.82, 2.24) is 4.98 Å². The van der Waals surface area contributed by atoms with Gasteiger partial charge in [0.1, 0.15) is 0 Å². The largest absolute Gasteiger partial charge is 0.369 e. The highest BCUT2D eigenvalue weighted by Crippen LogP contribution is 1.85. The predicted octanol–water partition coefficient (Wildman–Crippen LogP) is -0.723. The van der Waals surface area contributed by atoms with Gasteiger partial charge in [-0.15, -0.1) is 16.4 Å². The first kappa shape index (κ1) is 8.70. The van der Waals surface area contributed by atoms with E-state index in [1.807, 2.05) is 5.38 Å². The topological polar surface area (TPSA) is 103 Å². The van der Waals surface area contributed by atoms with Crippen molar-refractivity contribution in [3.8, 4) is 0 Å². The zero-order valence-corrected chi connectivity index (χ0v) is 6.08. The van der Waals surface area contributed by atoms with Gasteiger partial charge < -0.3 is 17.3 Å². The van der Waals surface area contributed by atoms with Crippen LogP contribution in [-0.4, -0.2) is 10.9 Å². The lowest BCUT2D eigenvalue weighted by Gasteiger charge is -1.76. The number of hydrazone groups is 1. The summed E-state index contributed by atoms with van der Waals surface area (Å²) < 4.78 is 0. The minimum Gasteiger partial charge on any atom is -0.369 e. The Labute approximate surface area is 62.5 Å². The summed E-state index contributed by atoms with van der Waals surface area (Å²) in [6, 6.07) is 0. The molecule has 5 nitrogen and oxygen atoms in total. The third-order valence-corrected chi connectivity index (χ3v) is 1.02. The van der Waals surface area contributed by atoms with E-state index in [0.29, 0.717) is 0 Å².